The maximum atomic E-state index is 13.9. The van der Waals surface area contributed by atoms with Crippen molar-refractivity contribution < 1.29 is 22.7 Å². The minimum Gasteiger partial charge on any atom is -0.374 e. The number of pyridine rings is 1. The Bertz CT molecular complexity index is 1120. The van der Waals surface area contributed by atoms with E-state index in [4.69, 9.17) is 4.74 Å². The molecule has 0 aromatic carbocycles. The van der Waals surface area contributed by atoms with E-state index in [2.05, 4.69) is 9.97 Å². The van der Waals surface area contributed by atoms with Crippen LogP contribution >= 0.6 is 0 Å². The Hall–Kier alpha value is -2.95. The minimum absolute atomic E-state index is 0.0368. The number of aromatic nitrogens is 3. The molecule has 2 saturated heterocycles. The quantitative estimate of drug-likeness (QED) is 0.660. The van der Waals surface area contributed by atoms with E-state index in [1.54, 1.807) is 13.0 Å². The van der Waals surface area contributed by atoms with Gasteiger partial charge in [-0.25, -0.2) is 0 Å². The molecule has 0 radical (unpaired) electrons. The lowest BCUT2D eigenvalue weighted by molar-refractivity contribution is -0.152. The van der Waals surface area contributed by atoms with Gasteiger partial charge in [-0.2, -0.15) is 18.2 Å². The first kappa shape index (κ1) is 20.9. The van der Waals surface area contributed by atoms with Gasteiger partial charge in [0.25, 0.3) is 5.56 Å². The normalized spacial score (nSPS) is 24.7. The van der Waals surface area contributed by atoms with Crippen molar-refractivity contribution in [1.82, 2.24) is 14.5 Å². The molecule has 2 aromatic heterocycles. The Labute approximate surface area is 181 Å². The highest BCUT2D eigenvalue weighted by molar-refractivity contribution is 6.00. The van der Waals surface area contributed by atoms with E-state index in [1.807, 2.05) is 4.90 Å². The topological polar surface area (TPSA) is 80.6 Å². The van der Waals surface area contributed by atoms with Crippen LogP contribution in [-0.4, -0.2) is 64.4 Å². The molecular formula is C21H22F3N5O3. The van der Waals surface area contributed by atoms with Gasteiger partial charge in [-0.1, -0.05) is 0 Å². The molecule has 3 atom stereocenters. The number of nitrogens with zero attached hydrogens (tertiary/aromatic N) is 5. The number of anilines is 2. The van der Waals surface area contributed by atoms with E-state index < -0.39 is 30.1 Å². The molecule has 170 valence electrons. The number of hydrogen-bond acceptors (Lipinski definition) is 7. The van der Waals surface area contributed by atoms with Crippen LogP contribution in [0.2, 0.25) is 0 Å². The molecule has 2 bridgehead atoms. The number of Topliss-reactive ketones (excluding diaryl/α,β-unsaturated/α-hetero) is 1. The maximum absolute atomic E-state index is 13.9. The van der Waals surface area contributed by atoms with Crippen LogP contribution in [0.15, 0.2) is 29.3 Å². The van der Waals surface area contributed by atoms with Crippen molar-refractivity contribution in [3.63, 3.8) is 0 Å². The summed E-state index contributed by atoms with van der Waals surface area (Å²) in [7, 11) is 0. The van der Waals surface area contributed by atoms with Crippen molar-refractivity contribution in [2.24, 2.45) is 0 Å². The van der Waals surface area contributed by atoms with Gasteiger partial charge in [0.1, 0.15) is 11.9 Å². The molecule has 0 unspecified atom stereocenters. The molecular weight excluding hydrogens is 427 g/mol. The summed E-state index contributed by atoms with van der Waals surface area (Å²) in [6, 6.07) is 1.13. The molecule has 3 aliphatic rings. The minimum atomic E-state index is -4.58. The number of halogens is 3. The van der Waals surface area contributed by atoms with Crippen LogP contribution in [0.3, 0.4) is 0 Å². The van der Waals surface area contributed by atoms with Crippen LogP contribution in [0.25, 0.3) is 0 Å². The summed E-state index contributed by atoms with van der Waals surface area (Å²) in [5, 5.41) is 0. The van der Waals surface area contributed by atoms with E-state index in [9.17, 15) is 22.8 Å². The smallest absolute Gasteiger partial charge is 0.374 e. The monoisotopic (exact) mass is 449 g/mol. The number of ketones is 1. The van der Waals surface area contributed by atoms with E-state index in [0.717, 1.165) is 11.3 Å². The van der Waals surface area contributed by atoms with Crippen molar-refractivity contribution in [3.05, 3.63) is 46.0 Å². The van der Waals surface area contributed by atoms with Gasteiger partial charge >= 0.3 is 6.18 Å². The standard InChI is InChI=1S/C21H22F3N5O3/c1-12-2-4-25-8-15(12)16(30)10-29-17(21(22,23)24)3-5-27-19(31)7-18(26-20(27)29)28-9-14-6-13(28)11-32-14/h2,4,7-8,13-14,17H,3,5-6,9-11H2,1H3/t13-,14+,17-/m0/s1. The predicted octanol–water partition coefficient (Wildman–Crippen LogP) is 1.95. The number of aryl methyl sites for hydroxylation is 1. The van der Waals surface area contributed by atoms with Crippen LogP contribution < -0.4 is 15.4 Å². The Balaban J connectivity index is 1.55. The van der Waals surface area contributed by atoms with E-state index in [-0.39, 0.29) is 36.6 Å². The number of carbonyl (C=O) groups excluding carboxylic acids is 1. The summed E-state index contributed by atoms with van der Waals surface area (Å²) in [6.07, 6.45) is -1.21. The predicted molar refractivity (Wildman–Crippen MR) is 109 cm³/mol. The van der Waals surface area contributed by atoms with Crippen LogP contribution in [-0.2, 0) is 11.3 Å². The second kappa shape index (κ2) is 7.58. The van der Waals surface area contributed by atoms with Gasteiger partial charge in [-0.05, 0) is 31.4 Å². The molecule has 32 heavy (non-hydrogen) atoms. The molecule has 0 aliphatic carbocycles. The van der Waals surface area contributed by atoms with Gasteiger partial charge in [0.15, 0.2) is 5.78 Å². The Morgan fingerprint density at radius 3 is 2.81 bits per heavy atom. The summed E-state index contributed by atoms with van der Waals surface area (Å²) in [5.41, 5.74) is 0.445. The fourth-order valence-corrected chi connectivity index (χ4v) is 4.80. The number of hydrogen-bond donors (Lipinski definition) is 0. The van der Waals surface area contributed by atoms with Crippen molar-refractivity contribution in [3.8, 4) is 0 Å². The lowest BCUT2D eigenvalue weighted by Crippen LogP contribution is -2.54. The number of rotatable bonds is 4. The Morgan fingerprint density at radius 1 is 1.34 bits per heavy atom. The van der Waals surface area contributed by atoms with Crippen LogP contribution in [0.5, 0.6) is 0 Å². The van der Waals surface area contributed by atoms with Crippen molar-refractivity contribution in [2.45, 2.75) is 50.7 Å². The zero-order chi connectivity index (χ0) is 22.6. The van der Waals surface area contributed by atoms with E-state index in [1.165, 1.54) is 23.0 Å². The first-order valence-corrected chi connectivity index (χ1v) is 10.5. The number of carbonyl (C=O) groups is 1. The average molecular weight is 449 g/mol. The van der Waals surface area contributed by atoms with Gasteiger partial charge in [0.05, 0.1) is 25.3 Å². The first-order valence-electron chi connectivity index (χ1n) is 10.5. The highest BCUT2D eigenvalue weighted by Gasteiger charge is 2.48. The van der Waals surface area contributed by atoms with Crippen molar-refractivity contribution in [1.29, 1.82) is 0 Å². The number of alkyl halides is 3. The van der Waals surface area contributed by atoms with Crippen LogP contribution in [0.4, 0.5) is 24.9 Å². The molecule has 2 fully saturated rings. The summed E-state index contributed by atoms with van der Waals surface area (Å²) in [4.78, 5) is 37.0. The number of morpholine rings is 1. The third kappa shape index (κ3) is 3.54. The van der Waals surface area contributed by atoms with Gasteiger partial charge in [0.2, 0.25) is 5.95 Å². The fraction of sp³-hybridized carbons (Fsp3) is 0.524. The molecule has 8 nitrogen and oxygen atoms in total. The zero-order valence-corrected chi connectivity index (χ0v) is 17.4. The molecule has 3 aliphatic heterocycles. The maximum Gasteiger partial charge on any atom is 0.408 e. The number of ether oxygens (including phenoxy) is 1. The molecule has 5 heterocycles. The third-order valence-corrected chi connectivity index (χ3v) is 6.46. The van der Waals surface area contributed by atoms with Crippen molar-refractivity contribution >= 4 is 17.5 Å². The largest absolute Gasteiger partial charge is 0.408 e. The molecule has 2 aromatic rings. The van der Waals surface area contributed by atoms with Crippen LogP contribution in [0.1, 0.15) is 28.8 Å². The highest BCUT2D eigenvalue weighted by Crippen LogP contribution is 2.36. The molecule has 0 N–H and O–H groups in total. The third-order valence-electron chi connectivity index (χ3n) is 6.46. The lowest BCUT2D eigenvalue weighted by Gasteiger charge is -2.39. The molecule has 0 spiro atoms. The molecule has 11 heteroatoms. The fourth-order valence-electron chi connectivity index (χ4n) is 4.80. The molecule has 0 saturated carbocycles. The second-order valence-corrected chi connectivity index (χ2v) is 8.49. The van der Waals surface area contributed by atoms with Crippen molar-refractivity contribution in [2.75, 3.05) is 29.5 Å². The zero-order valence-electron chi connectivity index (χ0n) is 17.4. The lowest BCUT2D eigenvalue weighted by atomic mass is 10.0. The summed E-state index contributed by atoms with van der Waals surface area (Å²) in [6.45, 7) is 2.07. The second-order valence-electron chi connectivity index (χ2n) is 8.49. The molecule has 0 amide bonds. The Morgan fingerprint density at radius 2 is 2.16 bits per heavy atom. The molecule has 5 rings (SSSR count). The highest BCUT2D eigenvalue weighted by atomic mass is 19.4. The van der Waals surface area contributed by atoms with Gasteiger partial charge < -0.3 is 14.5 Å². The summed E-state index contributed by atoms with van der Waals surface area (Å²) < 4.78 is 48.6. The van der Waals surface area contributed by atoms with Gasteiger partial charge in [0, 0.05) is 37.1 Å². The first-order chi connectivity index (χ1) is 15.2. The van der Waals surface area contributed by atoms with Crippen LogP contribution in [0, 0.1) is 6.92 Å². The average Bonchev–Trinajstić information content (AvgIpc) is 3.37. The Kier molecular flexibility index (Phi) is 4.95. The summed E-state index contributed by atoms with van der Waals surface area (Å²) >= 11 is 0. The summed E-state index contributed by atoms with van der Waals surface area (Å²) in [5.74, 6) is -0.305. The van der Waals surface area contributed by atoms with Gasteiger partial charge in [-0.3, -0.25) is 19.1 Å². The SMILES string of the molecule is Cc1ccncc1C(=O)CN1c2nc(N3C[C@H]4C[C@H]3CO4)cc(=O)n2CC[C@H]1C(F)(F)F. The van der Waals surface area contributed by atoms with E-state index in [0.29, 0.717) is 24.5 Å². The van der Waals surface area contributed by atoms with E-state index >= 15 is 0 Å². The number of fused-ring (bicyclic) bond motifs is 3. The van der Waals surface area contributed by atoms with Gasteiger partial charge in [-0.15, -0.1) is 0 Å².